The van der Waals surface area contributed by atoms with Crippen LogP contribution in [0.5, 0.6) is 0 Å². The van der Waals surface area contributed by atoms with Crippen molar-refractivity contribution in [3.8, 4) is 11.4 Å². The first-order valence-electron chi connectivity index (χ1n) is 18.2. The molecule has 0 saturated carbocycles. The molecule has 2 aromatic carbocycles. The summed E-state index contributed by atoms with van der Waals surface area (Å²) in [6.45, 7) is 3.26. The Labute approximate surface area is 325 Å². The lowest BCUT2D eigenvalue weighted by atomic mass is 10.2. The Morgan fingerprint density at radius 2 is 1.32 bits per heavy atom. The number of para-hydroxylation sites is 2. The van der Waals surface area contributed by atoms with Gasteiger partial charge in [0.05, 0.1) is 5.69 Å². The fourth-order valence-electron chi connectivity index (χ4n) is 6.59. The van der Waals surface area contributed by atoms with Crippen molar-refractivity contribution in [2.75, 3.05) is 36.0 Å². The van der Waals surface area contributed by atoms with Crippen LogP contribution < -0.4 is 20.9 Å². The zero-order chi connectivity index (χ0) is 39.1. The number of rotatable bonds is 7. The molecule has 8 heterocycles. The molecule has 8 aromatic rings. The maximum atomic E-state index is 12.6. The summed E-state index contributed by atoms with van der Waals surface area (Å²) in [5, 5.41) is 32.1. The lowest BCUT2D eigenvalue weighted by Gasteiger charge is -2.17. The Morgan fingerprint density at radius 3 is 1.91 bits per heavy atom. The minimum atomic E-state index is -1.01. The molecule has 10 rings (SSSR count). The van der Waals surface area contributed by atoms with E-state index < -0.39 is 5.97 Å². The topological polar surface area (TPSA) is 221 Å². The highest BCUT2D eigenvalue weighted by Gasteiger charge is 2.28. The molecule has 19 heteroatoms. The first-order chi connectivity index (χ1) is 27.9. The van der Waals surface area contributed by atoms with Crippen LogP contribution in [-0.2, 0) is 0 Å². The number of carboxylic acid groups (broad SMARTS) is 1. The highest BCUT2D eigenvalue weighted by atomic mass is 16.4. The van der Waals surface area contributed by atoms with E-state index in [9.17, 15) is 9.59 Å². The van der Waals surface area contributed by atoms with E-state index in [4.69, 9.17) is 10.8 Å². The third-order valence-corrected chi connectivity index (χ3v) is 9.44. The van der Waals surface area contributed by atoms with Crippen molar-refractivity contribution in [3.63, 3.8) is 0 Å². The van der Waals surface area contributed by atoms with Gasteiger partial charge < -0.3 is 30.5 Å². The summed E-state index contributed by atoms with van der Waals surface area (Å²) in [7, 11) is 0. The summed E-state index contributed by atoms with van der Waals surface area (Å²) in [6.07, 6.45) is 17.1. The van der Waals surface area contributed by atoms with Crippen LogP contribution in [0.15, 0.2) is 123 Å². The lowest BCUT2D eigenvalue weighted by molar-refractivity contribution is 0.0690. The Hall–Kier alpha value is -7.54. The molecule has 2 aliphatic rings. The summed E-state index contributed by atoms with van der Waals surface area (Å²) in [5.41, 5.74) is 9.65. The van der Waals surface area contributed by atoms with Crippen molar-refractivity contribution in [2.45, 2.75) is 24.9 Å². The van der Waals surface area contributed by atoms with Crippen molar-refractivity contribution in [1.29, 1.82) is 0 Å². The van der Waals surface area contributed by atoms with Crippen molar-refractivity contribution >= 4 is 34.8 Å². The van der Waals surface area contributed by atoms with Crippen LogP contribution in [0.4, 0.5) is 11.6 Å². The molecule has 6 aromatic heterocycles. The number of aromatic nitrogens is 12. The Morgan fingerprint density at radius 1 is 0.702 bits per heavy atom. The SMILES string of the molecule is N[C@H]1CCN(c2nccn3cnnc23)C1.O=C(N[C@H]1CCN(c2nccn3cnnc23)C1)c1ccn(-c2ccccc2)n1.O=C(O)c1cn(-c2ccccc2)cn1. The number of anilines is 2. The number of aromatic carboxylic acids is 1. The van der Waals surface area contributed by atoms with E-state index >= 15 is 0 Å². The number of carboxylic acids is 1. The number of hydrogen-bond acceptors (Lipinski definition) is 13. The predicted octanol–water partition coefficient (Wildman–Crippen LogP) is 2.55. The number of carbonyl (C=O) groups is 2. The number of nitrogens with one attached hydrogen (secondary N) is 1. The van der Waals surface area contributed by atoms with E-state index in [1.165, 1.54) is 12.5 Å². The van der Waals surface area contributed by atoms with E-state index in [0.29, 0.717) is 12.2 Å². The number of amides is 1. The summed E-state index contributed by atoms with van der Waals surface area (Å²) in [5.74, 6) is 0.475. The standard InChI is InChI=1S/C19H18N8O.C10H8N2O2.C9H12N6/c28-19(16-7-10-27(24-16)15-4-2-1-3-5-15)22-14-6-9-25(12-14)17-18-23-21-13-26(18)11-8-20-17;13-10(14)9-6-12(7-11-9)8-4-2-1-3-5-8;10-7-1-3-14(5-7)8-9-13-12-6-15(9)4-2-11-8/h1-5,7-8,10-11,13-14H,6,9,12H2,(H,22,28);1-7H,(H,13,14);2,4,6-7H,1,3,5,10H2/t14-;;7-/m0.0/s1. The van der Waals surface area contributed by atoms with Gasteiger partial charge in [-0.15, -0.1) is 20.4 Å². The summed E-state index contributed by atoms with van der Waals surface area (Å²) in [6, 6.07) is 21.2. The molecule has 2 fully saturated rings. The van der Waals surface area contributed by atoms with Gasteiger partial charge in [-0.2, -0.15) is 5.10 Å². The van der Waals surface area contributed by atoms with Crippen molar-refractivity contribution < 1.29 is 14.7 Å². The van der Waals surface area contributed by atoms with E-state index in [0.717, 1.165) is 66.8 Å². The minimum absolute atomic E-state index is 0.0272. The Balaban J connectivity index is 0.000000132. The summed E-state index contributed by atoms with van der Waals surface area (Å²) < 4.78 is 7.08. The number of benzene rings is 2. The maximum absolute atomic E-state index is 12.6. The van der Waals surface area contributed by atoms with Gasteiger partial charge in [0.15, 0.2) is 23.0 Å². The normalized spacial score (nSPS) is 16.2. The third-order valence-electron chi connectivity index (χ3n) is 9.44. The van der Waals surface area contributed by atoms with Crippen LogP contribution >= 0.6 is 0 Å². The number of carbonyl (C=O) groups excluding carboxylic acids is 1. The zero-order valence-electron chi connectivity index (χ0n) is 30.5. The van der Waals surface area contributed by atoms with E-state index in [2.05, 4.69) is 55.6 Å². The van der Waals surface area contributed by atoms with Gasteiger partial charge in [0, 0.05) is 81.1 Å². The highest BCUT2D eigenvalue weighted by molar-refractivity contribution is 5.92. The molecule has 0 spiro atoms. The van der Waals surface area contributed by atoms with Crippen molar-refractivity contribution in [3.05, 3.63) is 134 Å². The van der Waals surface area contributed by atoms with Gasteiger partial charge in [0.2, 0.25) is 11.3 Å². The van der Waals surface area contributed by atoms with E-state index in [1.54, 1.807) is 46.6 Å². The monoisotopic (exact) mass is 766 g/mol. The Kier molecular flexibility index (Phi) is 10.5. The van der Waals surface area contributed by atoms with E-state index in [1.807, 2.05) is 81.9 Å². The van der Waals surface area contributed by atoms with Crippen molar-refractivity contribution in [2.24, 2.45) is 5.73 Å². The largest absolute Gasteiger partial charge is 0.476 e. The molecule has 0 radical (unpaired) electrons. The molecule has 19 nitrogen and oxygen atoms in total. The molecule has 2 aliphatic heterocycles. The maximum Gasteiger partial charge on any atom is 0.356 e. The van der Waals surface area contributed by atoms with Gasteiger partial charge in [0.1, 0.15) is 19.0 Å². The number of nitrogens with zero attached hydrogens (tertiary/aromatic N) is 14. The molecule has 1 amide bonds. The van der Waals surface area contributed by atoms with Crippen LogP contribution in [0.2, 0.25) is 0 Å². The van der Waals surface area contributed by atoms with Crippen molar-refractivity contribution in [1.82, 2.24) is 63.8 Å². The van der Waals surface area contributed by atoms with E-state index in [-0.39, 0.29) is 23.7 Å². The number of fused-ring (bicyclic) bond motifs is 2. The second-order valence-electron chi connectivity index (χ2n) is 13.3. The zero-order valence-corrected chi connectivity index (χ0v) is 30.5. The van der Waals surface area contributed by atoms with Gasteiger partial charge in [-0.3, -0.25) is 13.6 Å². The molecule has 4 N–H and O–H groups in total. The van der Waals surface area contributed by atoms with Gasteiger partial charge >= 0.3 is 5.97 Å². The quantitative estimate of drug-likeness (QED) is 0.212. The molecule has 288 valence electrons. The van der Waals surface area contributed by atoms with Crippen LogP contribution in [0, 0.1) is 0 Å². The lowest BCUT2D eigenvalue weighted by Crippen LogP contribution is -2.37. The molecular weight excluding hydrogens is 729 g/mol. The van der Waals surface area contributed by atoms with Gasteiger partial charge in [-0.1, -0.05) is 36.4 Å². The van der Waals surface area contributed by atoms with Crippen LogP contribution in [-0.4, -0.2) is 114 Å². The second-order valence-corrected chi connectivity index (χ2v) is 13.3. The summed E-state index contributed by atoms with van der Waals surface area (Å²) >= 11 is 0. The fourth-order valence-corrected chi connectivity index (χ4v) is 6.59. The molecule has 0 unspecified atom stereocenters. The van der Waals surface area contributed by atoms with Gasteiger partial charge in [-0.05, 0) is 43.2 Å². The van der Waals surface area contributed by atoms with Crippen LogP contribution in [0.1, 0.15) is 33.8 Å². The van der Waals surface area contributed by atoms with Gasteiger partial charge in [0.25, 0.3) is 5.91 Å². The predicted molar refractivity (Wildman–Crippen MR) is 209 cm³/mol. The van der Waals surface area contributed by atoms with Crippen LogP contribution in [0.25, 0.3) is 22.7 Å². The average Bonchev–Trinajstić information content (AvgIpc) is 4.10. The van der Waals surface area contributed by atoms with Gasteiger partial charge in [-0.25, -0.2) is 24.4 Å². The number of nitrogens with two attached hydrogens (primary N) is 1. The Bertz CT molecular complexity index is 2580. The number of hydrogen-bond donors (Lipinski definition) is 3. The highest BCUT2D eigenvalue weighted by Crippen LogP contribution is 2.22. The number of imidazole rings is 1. The average molecular weight is 767 g/mol. The smallest absolute Gasteiger partial charge is 0.356 e. The molecule has 2 saturated heterocycles. The fraction of sp³-hybridized carbons (Fsp3) is 0.211. The molecular formula is C38H38N16O3. The second kappa shape index (κ2) is 16.4. The molecule has 0 bridgehead atoms. The summed E-state index contributed by atoms with van der Waals surface area (Å²) in [4.78, 5) is 40.0. The first-order valence-corrected chi connectivity index (χ1v) is 18.2. The van der Waals surface area contributed by atoms with Crippen LogP contribution in [0.3, 0.4) is 0 Å². The third kappa shape index (κ3) is 8.27. The molecule has 2 atom stereocenters. The molecule has 0 aliphatic carbocycles. The molecule has 57 heavy (non-hydrogen) atoms. The minimum Gasteiger partial charge on any atom is -0.476 e. The first kappa shape index (κ1) is 36.4.